The highest BCUT2D eigenvalue weighted by molar-refractivity contribution is 6.02. The fourth-order valence-electron chi connectivity index (χ4n) is 4.47. The molecule has 0 aliphatic carbocycles. The Morgan fingerprint density at radius 2 is 1.27 bits per heavy atom. The number of hydrogen-bond donors (Lipinski definition) is 2. The average molecular weight is 525 g/mol. The molecule has 7 nitrogen and oxygen atoms in total. The minimum atomic E-state index is -1.28. The Labute approximate surface area is 226 Å². The van der Waals surface area contributed by atoms with Crippen LogP contribution in [-0.2, 0) is 24.2 Å². The molecule has 0 bridgehead atoms. The van der Waals surface area contributed by atoms with Crippen molar-refractivity contribution in [1.82, 2.24) is 0 Å². The van der Waals surface area contributed by atoms with Crippen LogP contribution in [0.1, 0.15) is 143 Å². The molecule has 0 aromatic carbocycles. The van der Waals surface area contributed by atoms with Gasteiger partial charge in [0.05, 0.1) is 0 Å². The van der Waals surface area contributed by atoms with E-state index < -0.39 is 23.4 Å². The molecule has 4 N–H and O–H groups in total. The first-order chi connectivity index (χ1) is 17.9. The predicted molar refractivity (Wildman–Crippen MR) is 151 cm³/mol. The van der Waals surface area contributed by atoms with Crippen molar-refractivity contribution < 1.29 is 24.2 Å². The number of Topliss-reactive ketones (excluding diaryl/α,β-unsaturated/α-hetero) is 1. The monoisotopic (exact) mass is 524 g/mol. The maximum Gasteiger partial charge on any atom is 0.372 e. The minimum absolute atomic E-state index is 0.244. The molecule has 0 aromatic heterocycles. The smallest absolute Gasteiger partial charge is 0.330 e. The summed E-state index contributed by atoms with van der Waals surface area (Å²) in [6, 6.07) is -0.887. The van der Waals surface area contributed by atoms with E-state index in [0.717, 1.165) is 51.4 Å². The third kappa shape index (κ3) is 16.7. The van der Waals surface area contributed by atoms with Gasteiger partial charge in [0.1, 0.15) is 17.2 Å². The van der Waals surface area contributed by atoms with Gasteiger partial charge in [-0.2, -0.15) is 0 Å². The zero-order valence-electron chi connectivity index (χ0n) is 24.1. The summed E-state index contributed by atoms with van der Waals surface area (Å²) in [5.74, 6) is -1.83. The van der Waals surface area contributed by atoms with Gasteiger partial charge in [0.2, 0.25) is 0 Å². The van der Waals surface area contributed by atoms with Gasteiger partial charge in [-0.1, -0.05) is 96.6 Å². The molecule has 0 fully saturated rings. The lowest BCUT2D eigenvalue weighted by Crippen LogP contribution is -2.41. The van der Waals surface area contributed by atoms with Gasteiger partial charge in [0.25, 0.3) is 0 Å². The highest BCUT2D eigenvalue weighted by atomic mass is 17.2. The molecule has 0 heterocycles. The van der Waals surface area contributed by atoms with Gasteiger partial charge in [-0.3, -0.25) is 4.79 Å². The predicted octanol–water partition coefficient (Wildman–Crippen LogP) is 6.86. The van der Waals surface area contributed by atoms with Crippen LogP contribution in [0.4, 0.5) is 0 Å². The quantitative estimate of drug-likeness (QED) is 0.0465. The fourth-order valence-corrected chi connectivity index (χ4v) is 4.47. The van der Waals surface area contributed by atoms with Gasteiger partial charge in [0, 0.05) is 0 Å². The van der Waals surface area contributed by atoms with Crippen LogP contribution in [0.25, 0.3) is 0 Å². The molecule has 216 valence electrons. The minimum Gasteiger partial charge on any atom is -0.330 e. The summed E-state index contributed by atoms with van der Waals surface area (Å²) in [5, 5.41) is 0. The van der Waals surface area contributed by atoms with E-state index in [9.17, 15) is 14.4 Å². The maximum absolute atomic E-state index is 13.0. The van der Waals surface area contributed by atoms with Crippen LogP contribution in [0.3, 0.4) is 0 Å². The van der Waals surface area contributed by atoms with Crippen molar-refractivity contribution in [3.8, 4) is 0 Å². The van der Waals surface area contributed by atoms with Crippen molar-refractivity contribution in [2.24, 2.45) is 16.9 Å². The molecule has 0 aliphatic heterocycles. The summed E-state index contributed by atoms with van der Waals surface area (Å²) < 4.78 is 0. The molecule has 0 saturated carbocycles. The largest absolute Gasteiger partial charge is 0.372 e. The van der Waals surface area contributed by atoms with E-state index in [2.05, 4.69) is 19.1 Å². The van der Waals surface area contributed by atoms with Gasteiger partial charge in [-0.05, 0) is 64.8 Å². The lowest BCUT2D eigenvalue weighted by molar-refractivity contribution is -0.267. The second-order valence-corrected chi connectivity index (χ2v) is 10.4. The van der Waals surface area contributed by atoms with E-state index in [0.29, 0.717) is 38.6 Å². The number of ketones is 1. The number of rotatable bonds is 24. The summed E-state index contributed by atoms with van der Waals surface area (Å²) >= 11 is 0. The topological polar surface area (TPSA) is 122 Å². The molecule has 0 aliphatic rings. The van der Waals surface area contributed by atoms with Crippen LogP contribution in [0.2, 0.25) is 0 Å². The number of nitrogens with two attached hydrogens (primary N) is 2. The first-order valence-corrected chi connectivity index (χ1v) is 14.9. The first kappa shape index (κ1) is 35.3. The molecular formula is C30H56N2O5. The normalized spacial score (nSPS) is 13.9. The molecular weight excluding hydrogens is 468 g/mol. The number of hydrogen-bond acceptors (Lipinski definition) is 7. The Morgan fingerprint density at radius 3 is 1.84 bits per heavy atom. The third-order valence-corrected chi connectivity index (χ3v) is 7.11. The van der Waals surface area contributed by atoms with Crippen LogP contribution in [0, 0.1) is 5.41 Å². The average Bonchev–Trinajstić information content (AvgIpc) is 2.88. The van der Waals surface area contributed by atoms with Gasteiger partial charge < -0.3 is 11.5 Å². The molecule has 0 amide bonds. The first-order valence-electron chi connectivity index (χ1n) is 14.9. The molecule has 0 spiro atoms. The summed E-state index contributed by atoms with van der Waals surface area (Å²) in [5.41, 5.74) is 9.98. The van der Waals surface area contributed by atoms with Crippen LogP contribution >= 0.6 is 0 Å². The van der Waals surface area contributed by atoms with E-state index in [1.807, 2.05) is 6.92 Å². The van der Waals surface area contributed by atoms with Crippen molar-refractivity contribution in [2.45, 2.75) is 149 Å². The highest BCUT2D eigenvalue weighted by Crippen LogP contribution is 2.34. The van der Waals surface area contributed by atoms with Crippen LogP contribution in [-0.4, -0.2) is 30.3 Å². The summed E-state index contributed by atoms with van der Waals surface area (Å²) in [6.07, 6.45) is 22.7. The third-order valence-electron chi connectivity index (χ3n) is 7.11. The van der Waals surface area contributed by atoms with Crippen LogP contribution in [0.15, 0.2) is 12.2 Å². The lowest BCUT2D eigenvalue weighted by Gasteiger charge is -2.28. The zero-order chi connectivity index (χ0) is 27.8. The lowest BCUT2D eigenvalue weighted by atomic mass is 9.75. The summed E-state index contributed by atoms with van der Waals surface area (Å²) in [6.45, 7) is 6.20. The van der Waals surface area contributed by atoms with Gasteiger partial charge >= 0.3 is 11.9 Å². The Bertz CT molecular complexity index is 637. The Balaban J connectivity index is 4.49. The van der Waals surface area contributed by atoms with Crippen molar-refractivity contribution in [2.75, 3.05) is 6.54 Å². The van der Waals surface area contributed by atoms with Crippen LogP contribution < -0.4 is 11.5 Å². The van der Waals surface area contributed by atoms with Crippen molar-refractivity contribution in [1.29, 1.82) is 0 Å². The maximum atomic E-state index is 13.0. The Morgan fingerprint density at radius 1 is 0.730 bits per heavy atom. The second kappa shape index (κ2) is 23.4. The van der Waals surface area contributed by atoms with Crippen LogP contribution in [0.5, 0.6) is 0 Å². The van der Waals surface area contributed by atoms with Crippen molar-refractivity contribution in [3.63, 3.8) is 0 Å². The fraction of sp³-hybridized carbons (Fsp3) is 0.833. The van der Waals surface area contributed by atoms with Gasteiger partial charge in [-0.15, -0.1) is 0 Å². The van der Waals surface area contributed by atoms with Crippen molar-refractivity contribution >= 4 is 17.7 Å². The number of carbonyl (C=O) groups is 3. The zero-order valence-corrected chi connectivity index (χ0v) is 24.1. The van der Waals surface area contributed by atoms with Gasteiger partial charge in [-0.25, -0.2) is 19.4 Å². The molecule has 0 rings (SSSR count). The highest BCUT2D eigenvalue weighted by Gasteiger charge is 2.45. The molecule has 0 radical (unpaired) electrons. The summed E-state index contributed by atoms with van der Waals surface area (Å²) in [7, 11) is 0. The standard InChI is InChI=1S/C30H56N2O5/c1-4-6-8-9-10-11-12-13-14-15-16-17-18-20-24-30(26(3)33,23-7-5-2)29(35)37-36-28(34)27(32)22-19-21-25-31/h13-14,27H,4-12,15-25,31-32H2,1-3H3/b14-13-. The van der Waals surface area contributed by atoms with Gasteiger partial charge in [0.15, 0.2) is 0 Å². The number of carbonyl (C=O) groups excluding carboxylic acids is 3. The molecule has 2 unspecified atom stereocenters. The molecule has 2 atom stereocenters. The van der Waals surface area contributed by atoms with Crippen molar-refractivity contribution in [3.05, 3.63) is 12.2 Å². The molecule has 7 heteroatoms. The summed E-state index contributed by atoms with van der Waals surface area (Å²) in [4.78, 5) is 47.4. The Hall–Kier alpha value is -1.73. The van der Waals surface area contributed by atoms with E-state index >= 15 is 0 Å². The molecule has 0 aromatic rings. The second-order valence-electron chi connectivity index (χ2n) is 10.4. The number of allylic oxidation sites excluding steroid dienone is 2. The SMILES string of the molecule is CCCCCCCC/C=C\CCCCCCC(CCCC)(C(C)=O)C(=O)OOC(=O)C(N)CCCCN. The van der Waals surface area contributed by atoms with E-state index in [1.165, 1.54) is 45.4 Å². The number of unbranched alkanes of at least 4 members (excludes halogenated alkanes) is 12. The van der Waals surface area contributed by atoms with E-state index in [1.54, 1.807) is 0 Å². The molecule has 0 saturated heterocycles. The Kier molecular flexibility index (Phi) is 22.3. The molecule has 37 heavy (non-hydrogen) atoms. The van der Waals surface area contributed by atoms with E-state index in [4.69, 9.17) is 21.2 Å². The van der Waals surface area contributed by atoms with E-state index in [-0.39, 0.29) is 5.78 Å².